The Hall–Kier alpha value is -2.30. The standard InChI is InChI=1S/C15H11F3O2/c1-20-15-5-2-9(6-13(15)18)7-14(19)10-3-4-11(16)12(17)8-10/h2-6,8H,7H2,1H3. The molecule has 0 fully saturated rings. The quantitative estimate of drug-likeness (QED) is 0.801. The zero-order valence-electron chi connectivity index (χ0n) is 10.6. The van der Waals surface area contributed by atoms with E-state index in [4.69, 9.17) is 4.74 Å². The summed E-state index contributed by atoms with van der Waals surface area (Å²) in [6.07, 6.45) is -0.105. The van der Waals surface area contributed by atoms with Crippen molar-refractivity contribution in [2.75, 3.05) is 7.11 Å². The van der Waals surface area contributed by atoms with Gasteiger partial charge in [-0.2, -0.15) is 0 Å². The predicted octanol–water partition coefficient (Wildman–Crippen LogP) is 3.54. The minimum atomic E-state index is -1.09. The summed E-state index contributed by atoms with van der Waals surface area (Å²) in [6.45, 7) is 0. The first-order valence-electron chi connectivity index (χ1n) is 5.82. The fraction of sp³-hybridized carbons (Fsp3) is 0.133. The SMILES string of the molecule is COc1ccc(CC(=O)c2ccc(F)c(F)c2)cc1F. The molecule has 2 aromatic rings. The lowest BCUT2D eigenvalue weighted by atomic mass is 10.0. The summed E-state index contributed by atoms with van der Waals surface area (Å²) in [5.74, 6) is -3.03. The Kier molecular flexibility index (Phi) is 4.08. The summed E-state index contributed by atoms with van der Waals surface area (Å²) in [4.78, 5) is 11.9. The van der Waals surface area contributed by atoms with E-state index in [0.717, 1.165) is 12.1 Å². The predicted molar refractivity (Wildman–Crippen MR) is 67.3 cm³/mol. The molecule has 0 spiro atoms. The fourth-order valence-electron chi connectivity index (χ4n) is 1.78. The van der Waals surface area contributed by atoms with E-state index in [0.29, 0.717) is 5.56 Å². The van der Waals surface area contributed by atoms with Gasteiger partial charge in [-0.25, -0.2) is 13.2 Å². The summed E-state index contributed by atoms with van der Waals surface area (Å²) in [5, 5.41) is 0. The van der Waals surface area contributed by atoms with Gasteiger partial charge in [-0.1, -0.05) is 6.07 Å². The maximum Gasteiger partial charge on any atom is 0.167 e. The molecule has 104 valence electrons. The zero-order chi connectivity index (χ0) is 14.7. The van der Waals surface area contributed by atoms with Crippen LogP contribution in [-0.2, 0) is 6.42 Å². The molecule has 0 aliphatic heterocycles. The lowest BCUT2D eigenvalue weighted by Gasteiger charge is -2.05. The molecule has 0 aromatic heterocycles. The van der Waals surface area contributed by atoms with Crippen molar-refractivity contribution in [3.8, 4) is 5.75 Å². The third kappa shape index (κ3) is 2.99. The molecular weight excluding hydrogens is 269 g/mol. The highest BCUT2D eigenvalue weighted by molar-refractivity contribution is 5.97. The Morgan fingerprint density at radius 1 is 1.00 bits per heavy atom. The van der Waals surface area contributed by atoms with Gasteiger partial charge in [0.25, 0.3) is 0 Å². The van der Waals surface area contributed by atoms with E-state index in [1.54, 1.807) is 6.07 Å². The number of ether oxygens (including phenoxy) is 1. The number of rotatable bonds is 4. The number of ketones is 1. The molecule has 0 aliphatic carbocycles. The van der Waals surface area contributed by atoms with Crippen LogP contribution in [0, 0.1) is 17.5 Å². The van der Waals surface area contributed by atoms with Crippen molar-refractivity contribution in [3.63, 3.8) is 0 Å². The fourth-order valence-corrected chi connectivity index (χ4v) is 1.78. The van der Waals surface area contributed by atoms with Crippen LogP contribution in [0.1, 0.15) is 15.9 Å². The summed E-state index contributed by atoms with van der Waals surface area (Å²) in [5.41, 5.74) is 0.471. The minimum Gasteiger partial charge on any atom is -0.494 e. The number of hydrogen-bond donors (Lipinski definition) is 0. The normalized spacial score (nSPS) is 10.4. The smallest absolute Gasteiger partial charge is 0.167 e. The van der Waals surface area contributed by atoms with Crippen molar-refractivity contribution in [2.45, 2.75) is 6.42 Å². The molecule has 2 rings (SSSR count). The van der Waals surface area contributed by atoms with Gasteiger partial charge in [0.1, 0.15) is 0 Å². The second-order valence-electron chi connectivity index (χ2n) is 4.20. The molecule has 0 saturated heterocycles. The van der Waals surface area contributed by atoms with Crippen LogP contribution in [0.2, 0.25) is 0 Å². The summed E-state index contributed by atoms with van der Waals surface area (Å²) < 4.78 is 44.1. The van der Waals surface area contributed by atoms with Crippen LogP contribution in [0.5, 0.6) is 5.75 Å². The van der Waals surface area contributed by atoms with Crippen molar-refractivity contribution >= 4 is 5.78 Å². The monoisotopic (exact) mass is 280 g/mol. The van der Waals surface area contributed by atoms with E-state index in [2.05, 4.69) is 0 Å². The molecule has 0 bridgehead atoms. The van der Waals surface area contributed by atoms with Gasteiger partial charge in [0.15, 0.2) is 29.0 Å². The summed E-state index contributed by atoms with van der Waals surface area (Å²) in [7, 11) is 1.34. The lowest BCUT2D eigenvalue weighted by Crippen LogP contribution is -2.05. The highest BCUT2D eigenvalue weighted by atomic mass is 19.2. The van der Waals surface area contributed by atoms with Crippen LogP contribution in [0.3, 0.4) is 0 Å². The first-order chi connectivity index (χ1) is 9.51. The third-order valence-corrected chi connectivity index (χ3v) is 2.82. The van der Waals surface area contributed by atoms with Gasteiger partial charge in [0.2, 0.25) is 0 Å². The molecule has 0 N–H and O–H groups in total. The number of carbonyl (C=O) groups excluding carboxylic acids is 1. The van der Waals surface area contributed by atoms with Crippen LogP contribution >= 0.6 is 0 Å². The molecule has 0 aliphatic rings. The molecule has 0 atom stereocenters. The van der Waals surface area contributed by atoms with Crippen molar-refractivity contribution in [2.24, 2.45) is 0 Å². The molecule has 0 amide bonds. The van der Waals surface area contributed by atoms with Crippen LogP contribution in [0.15, 0.2) is 36.4 Å². The van der Waals surface area contributed by atoms with Crippen molar-refractivity contribution in [3.05, 3.63) is 65.0 Å². The number of hydrogen-bond acceptors (Lipinski definition) is 2. The van der Waals surface area contributed by atoms with E-state index in [1.807, 2.05) is 0 Å². The summed E-state index contributed by atoms with van der Waals surface area (Å²) in [6, 6.07) is 7.04. The third-order valence-electron chi connectivity index (χ3n) is 2.82. The molecule has 0 radical (unpaired) electrons. The molecule has 2 aromatic carbocycles. The Morgan fingerprint density at radius 2 is 1.75 bits per heavy atom. The molecule has 0 heterocycles. The van der Waals surface area contributed by atoms with Crippen molar-refractivity contribution in [1.29, 1.82) is 0 Å². The number of Topliss-reactive ketones (excluding diaryl/α,β-unsaturated/α-hetero) is 1. The highest BCUT2D eigenvalue weighted by Gasteiger charge is 2.12. The lowest BCUT2D eigenvalue weighted by molar-refractivity contribution is 0.0992. The molecular formula is C15H11F3O2. The average molecular weight is 280 g/mol. The molecule has 0 unspecified atom stereocenters. The van der Waals surface area contributed by atoms with Crippen molar-refractivity contribution < 1.29 is 22.7 Å². The Balaban J connectivity index is 2.19. The van der Waals surface area contributed by atoms with Gasteiger partial charge in [-0.15, -0.1) is 0 Å². The molecule has 5 heteroatoms. The van der Waals surface area contributed by atoms with E-state index < -0.39 is 23.2 Å². The van der Waals surface area contributed by atoms with Crippen LogP contribution in [0.4, 0.5) is 13.2 Å². The maximum atomic E-state index is 13.5. The zero-order valence-corrected chi connectivity index (χ0v) is 10.6. The van der Waals surface area contributed by atoms with Crippen LogP contribution in [0.25, 0.3) is 0 Å². The molecule has 20 heavy (non-hydrogen) atoms. The van der Waals surface area contributed by atoms with Gasteiger partial charge >= 0.3 is 0 Å². The molecule has 0 saturated carbocycles. The number of methoxy groups -OCH3 is 1. The topological polar surface area (TPSA) is 26.3 Å². The van der Waals surface area contributed by atoms with Crippen LogP contribution < -0.4 is 4.74 Å². The van der Waals surface area contributed by atoms with Gasteiger partial charge in [-0.05, 0) is 35.9 Å². The maximum absolute atomic E-state index is 13.5. The van der Waals surface area contributed by atoms with Crippen molar-refractivity contribution in [1.82, 2.24) is 0 Å². The first kappa shape index (κ1) is 14.1. The Bertz CT molecular complexity index is 654. The van der Waals surface area contributed by atoms with Crippen LogP contribution in [-0.4, -0.2) is 12.9 Å². The average Bonchev–Trinajstić information content (AvgIpc) is 2.42. The molecule has 2 nitrogen and oxygen atoms in total. The number of benzene rings is 2. The van der Waals surface area contributed by atoms with Gasteiger partial charge in [0, 0.05) is 12.0 Å². The highest BCUT2D eigenvalue weighted by Crippen LogP contribution is 2.19. The number of halogens is 3. The van der Waals surface area contributed by atoms with Gasteiger partial charge in [0.05, 0.1) is 7.11 Å². The largest absolute Gasteiger partial charge is 0.494 e. The number of carbonyl (C=O) groups is 1. The van der Waals surface area contributed by atoms with E-state index in [-0.39, 0.29) is 17.7 Å². The Labute approximate surface area is 113 Å². The van der Waals surface area contributed by atoms with Gasteiger partial charge in [-0.3, -0.25) is 4.79 Å². The Morgan fingerprint density at radius 3 is 2.35 bits per heavy atom. The first-order valence-corrected chi connectivity index (χ1v) is 5.82. The van der Waals surface area contributed by atoms with Gasteiger partial charge < -0.3 is 4.74 Å². The van der Waals surface area contributed by atoms with E-state index >= 15 is 0 Å². The second-order valence-corrected chi connectivity index (χ2v) is 4.20. The van der Waals surface area contributed by atoms with E-state index in [1.165, 1.54) is 25.3 Å². The summed E-state index contributed by atoms with van der Waals surface area (Å²) >= 11 is 0. The second kappa shape index (κ2) is 5.77. The minimum absolute atomic E-state index is 0.0418. The van der Waals surface area contributed by atoms with E-state index in [9.17, 15) is 18.0 Å².